The highest BCUT2D eigenvalue weighted by Gasteiger charge is 2.37. The molecule has 1 amide bonds. The summed E-state index contributed by atoms with van der Waals surface area (Å²) in [6.07, 6.45) is 5.24. The first-order valence-corrected chi connectivity index (χ1v) is 10.4. The van der Waals surface area contributed by atoms with Crippen LogP contribution in [-0.4, -0.2) is 24.2 Å². The van der Waals surface area contributed by atoms with Gasteiger partial charge in [0.25, 0.3) is 0 Å². The zero-order valence-corrected chi connectivity index (χ0v) is 16.9. The van der Waals surface area contributed by atoms with Crippen LogP contribution in [0.2, 0.25) is 0 Å². The van der Waals surface area contributed by atoms with Crippen LogP contribution >= 0.6 is 11.8 Å². The second kappa shape index (κ2) is 9.97. The molecular formula is C25H24N2OS. The van der Waals surface area contributed by atoms with Crippen LogP contribution in [0.25, 0.3) is 0 Å². The molecule has 3 N–H and O–H groups in total. The van der Waals surface area contributed by atoms with Crippen LogP contribution in [-0.2, 0) is 9.54 Å². The average molecular weight is 401 g/mol. The van der Waals surface area contributed by atoms with Crippen LogP contribution in [0.4, 0.5) is 0 Å². The number of rotatable bonds is 8. The fraction of sp³-hybridized carbons (Fsp3) is 0.160. The number of carbonyl (C=O) groups excluding carboxylic acids is 1. The van der Waals surface area contributed by atoms with E-state index in [4.69, 9.17) is 12.2 Å². The van der Waals surface area contributed by atoms with Gasteiger partial charge in [0.1, 0.15) is 0 Å². The molecule has 3 rings (SSSR count). The number of carbonyl (C=O) groups is 1. The maximum Gasteiger partial charge on any atom is 0.238 e. The molecule has 0 spiro atoms. The molecule has 0 heterocycles. The fourth-order valence-corrected chi connectivity index (χ4v) is 4.82. The molecule has 3 aromatic rings. The summed E-state index contributed by atoms with van der Waals surface area (Å²) < 4.78 is -0.492. The average Bonchev–Trinajstić information content (AvgIpc) is 2.80. The topological polar surface area (TPSA) is 55.1 Å². The van der Waals surface area contributed by atoms with E-state index >= 15 is 0 Å². The van der Waals surface area contributed by atoms with E-state index in [1.807, 2.05) is 54.6 Å². The maximum atomic E-state index is 12.3. The summed E-state index contributed by atoms with van der Waals surface area (Å²) in [5.41, 5.74) is 9.61. The first-order valence-electron chi connectivity index (χ1n) is 9.46. The Balaban J connectivity index is 2.06. The third kappa shape index (κ3) is 4.71. The summed E-state index contributed by atoms with van der Waals surface area (Å²) in [7, 11) is 0. The Morgan fingerprint density at radius 2 is 1.31 bits per heavy atom. The van der Waals surface area contributed by atoms with E-state index in [-0.39, 0.29) is 12.5 Å². The zero-order chi connectivity index (χ0) is 20.5. The second-order valence-corrected chi connectivity index (χ2v) is 7.85. The summed E-state index contributed by atoms with van der Waals surface area (Å²) in [5.74, 6) is 2.61. The molecule has 0 unspecified atom stereocenters. The van der Waals surface area contributed by atoms with Crippen LogP contribution in [0.1, 0.15) is 16.7 Å². The third-order valence-electron chi connectivity index (χ3n) is 4.72. The number of nitrogens with two attached hydrogens (primary N) is 1. The van der Waals surface area contributed by atoms with E-state index in [9.17, 15) is 4.79 Å². The van der Waals surface area contributed by atoms with E-state index < -0.39 is 10.8 Å². The Hall–Kier alpha value is -3.00. The molecule has 0 saturated carbocycles. The third-order valence-corrected chi connectivity index (χ3v) is 6.39. The number of terminal acetylenes is 1. The maximum absolute atomic E-state index is 12.3. The Bertz CT molecular complexity index is 856. The van der Waals surface area contributed by atoms with Crippen molar-refractivity contribution in [3.05, 3.63) is 108 Å². The van der Waals surface area contributed by atoms with Gasteiger partial charge in [-0.15, -0.1) is 18.2 Å². The van der Waals surface area contributed by atoms with Crippen molar-refractivity contribution in [3.8, 4) is 12.3 Å². The molecule has 4 heteroatoms. The summed E-state index contributed by atoms with van der Waals surface area (Å²) in [6, 6.07) is 30.3. The fourth-order valence-electron chi connectivity index (χ4n) is 3.33. The Morgan fingerprint density at radius 3 is 1.69 bits per heavy atom. The monoisotopic (exact) mass is 400 g/mol. The van der Waals surface area contributed by atoms with E-state index in [2.05, 4.69) is 47.6 Å². The molecular weight excluding hydrogens is 376 g/mol. The first-order chi connectivity index (χ1) is 14.2. The van der Waals surface area contributed by atoms with Gasteiger partial charge in [0.15, 0.2) is 0 Å². The van der Waals surface area contributed by atoms with Gasteiger partial charge in [-0.2, -0.15) is 0 Å². The Labute approximate surface area is 176 Å². The molecule has 0 radical (unpaired) electrons. The van der Waals surface area contributed by atoms with Crippen LogP contribution in [0, 0.1) is 12.3 Å². The highest BCUT2D eigenvalue weighted by Crippen LogP contribution is 2.48. The minimum Gasteiger partial charge on any atom is -0.344 e. The first kappa shape index (κ1) is 20.7. The molecule has 0 bridgehead atoms. The second-order valence-electron chi connectivity index (χ2n) is 6.62. The van der Waals surface area contributed by atoms with E-state index in [1.165, 1.54) is 0 Å². The molecule has 3 aromatic carbocycles. The molecule has 0 aromatic heterocycles. The molecule has 0 fully saturated rings. The van der Waals surface area contributed by atoms with Gasteiger partial charge < -0.3 is 11.1 Å². The van der Waals surface area contributed by atoms with Crippen LogP contribution in [0.3, 0.4) is 0 Å². The van der Waals surface area contributed by atoms with Crippen molar-refractivity contribution in [2.45, 2.75) is 10.8 Å². The lowest BCUT2D eigenvalue weighted by atomic mass is 9.84. The van der Waals surface area contributed by atoms with Crippen molar-refractivity contribution in [2.24, 2.45) is 5.73 Å². The van der Waals surface area contributed by atoms with Crippen molar-refractivity contribution in [1.29, 1.82) is 0 Å². The minimum absolute atomic E-state index is 0.179. The Kier molecular flexibility index (Phi) is 7.13. The van der Waals surface area contributed by atoms with Crippen molar-refractivity contribution in [1.82, 2.24) is 5.32 Å². The molecule has 0 aliphatic heterocycles. The highest BCUT2D eigenvalue weighted by molar-refractivity contribution is 8.00. The quantitative estimate of drug-likeness (QED) is 0.447. The molecule has 29 heavy (non-hydrogen) atoms. The van der Waals surface area contributed by atoms with Gasteiger partial charge in [-0.3, -0.25) is 4.79 Å². The van der Waals surface area contributed by atoms with Crippen LogP contribution in [0.5, 0.6) is 0 Å². The molecule has 0 aliphatic carbocycles. The number of thioether (sulfide) groups is 1. The lowest BCUT2D eigenvalue weighted by Crippen LogP contribution is -2.43. The lowest BCUT2D eigenvalue weighted by molar-refractivity contribution is -0.121. The predicted molar refractivity (Wildman–Crippen MR) is 121 cm³/mol. The van der Waals surface area contributed by atoms with Crippen molar-refractivity contribution in [3.63, 3.8) is 0 Å². The van der Waals surface area contributed by atoms with E-state index in [1.54, 1.807) is 11.8 Å². The van der Waals surface area contributed by atoms with E-state index in [0.717, 1.165) is 16.7 Å². The Morgan fingerprint density at radius 1 is 0.897 bits per heavy atom. The van der Waals surface area contributed by atoms with Gasteiger partial charge in [0.05, 0.1) is 17.3 Å². The van der Waals surface area contributed by atoms with Crippen LogP contribution < -0.4 is 11.1 Å². The lowest BCUT2D eigenvalue weighted by Gasteiger charge is -2.36. The molecule has 1 atom stereocenters. The zero-order valence-electron chi connectivity index (χ0n) is 16.1. The van der Waals surface area contributed by atoms with E-state index in [0.29, 0.717) is 5.75 Å². The predicted octanol–water partition coefficient (Wildman–Crippen LogP) is 3.79. The standard InChI is InChI=1S/C25H24N2OS/c1-2-18-27-24(28)23(26)19-29-25(20-12-6-3-7-13-20,21-14-8-4-9-15-21)22-16-10-5-11-17-22/h1,3-17,23H,18-19,26H2,(H,27,28)/t23-/m0/s1. The molecule has 3 nitrogen and oxygen atoms in total. The minimum atomic E-state index is -0.663. The van der Waals surface area contributed by atoms with Crippen molar-refractivity contribution < 1.29 is 4.79 Å². The van der Waals surface area contributed by atoms with Gasteiger partial charge >= 0.3 is 0 Å². The largest absolute Gasteiger partial charge is 0.344 e. The number of nitrogens with one attached hydrogen (secondary N) is 1. The van der Waals surface area contributed by atoms with Crippen molar-refractivity contribution in [2.75, 3.05) is 12.3 Å². The highest BCUT2D eigenvalue weighted by atomic mass is 32.2. The van der Waals surface area contributed by atoms with Gasteiger partial charge in [0.2, 0.25) is 5.91 Å². The van der Waals surface area contributed by atoms with Gasteiger partial charge in [0, 0.05) is 5.75 Å². The van der Waals surface area contributed by atoms with Crippen LogP contribution in [0.15, 0.2) is 91.0 Å². The SMILES string of the molecule is C#CCNC(=O)[C@@H](N)CSC(c1ccccc1)(c1ccccc1)c1ccccc1. The smallest absolute Gasteiger partial charge is 0.238 e. The number of amides is 1. The number of hydrogen-bond acceptors (Lipinski definition) is 3. The molecule has 0 saturated heterocycles. The molecule has 0 aliphatic rings. The van der Waals surface area contributed by atoms with Gasteiger partial charge in [-0.05, 0) is 16.7 Å². The van der Waals surface area contributed by atoms with Crippen molar-refractivity contribution >= 4 is 17.7 Å². The van der Waals surface area contributed by atoms with Gasteiger partial charge in [-0.25, -0.2) is 0 Å². The normalized spacial score (nSPS) is 12.0. The summed E-state index contributed by atoms with van der Waals surface area (Å²) in [4.78, 5) is 12.3. The number of benzene rings is 3. The molecule has 146 valence electrons. The number of hydrogen-bond donors (Lipinski definition) is 2. The summed E-state index contributed by atoms with van der Waals surface area (Å²) in [6.45, 7) is 0.179. The summed E-state index contributed by atoms with van der Waals surface area (Å²) >= 11 is 1.66. The summed E-state index contributed by atoms with van der Waals surface area (Å²) in [5, 5.41) is 2.67. The van der Waals surface area contributed by atoms with Gasteiger partial charge in [-0.1, -0.05) is 96.9 Å².